The summed E-state index contributed by atoms with van der Waals surface area (Å²) < 4.78 is 39.0. The molecule has 3 aromatic rings. The van der Waals surface area contributed by atoms with Crippen LogP contribution in [0, 0.1) is 5.92 Å². The summed E-state index contributed by atoms with van der Waals surface area (Å²) in [4.78, 5) is 23.6. The second-order valence-corrected chi connectivity index (χ2v) is 8.57. The fraction of sp³-hybridized carbons (Fsp3) is 0.259. The Morgan fingerprint density at radius 3 is 1.70 bits per heavy atom. The van der Waals surface area contributed by atoms with E-state index in [2.05, 4.69) is 0 Å². The molecular formula is C27H25F3O3. The largest absolute Gasteiger partial charge is 0.481 e. The molecule has 0 fully saturated rings. The van der Waals surface area contributed by atoms with Crippen LogP contribution in [0.3, 0.4) is 0 Å². The van der Waals surface area contributed by atoms with Gasteiger partial charge < -0.3 is 5.11 Å². The highest BCUT2D eigenvalue weighted by molar-refractivity contribution is 5.94. The number of benzene rings is 3. The van der Waals surface area contributed by atoms with E-state index in [1.54, 1.807) is 36.4 Å². The Bertz CT molecular complexity index is 1140. The smallest absolute Gasteiger partial charge is 0.416 e. The zero-order valence-electron chi connectivity index (χ0n) is 18.6. The lowest BCUT2D eigenvalue weighted by atomic mass is 9.86. The summed E-state index contributed by atoms with van der Waals surface area (Å²) in [6.07, 6.45) is -4.01. The van der Waals surface area contributed by atoms with Crippen LogP contribution < -0.4 is 0 Å². The van der Waals surface area contributed by atoms with Crippen molar-refractivity contribution in [3.05, 3.63) is 83.4 Å². The van der Waals surface area contributed by atoms with E-state index in [1.807, 2.05) is 19.9 Å². The van der Waals surface area contributed by atoms with E-state index in [-0.39, 0.29) is 11.7 Å². The molecule has 0 spiro atoms. The number of carboxylic acid groups (broad SMARTS) is 1. The summed E-state index contributed by atoms with van der Waals surface area (Å²) in [7, 11) is 0. The van der Waals surface area contributed by atoms with Crippen LogP contribution in [0.1, 0.15) is 54.6 Å². The van der Waals surface area contributed by atoms with E-state index < -0.39 is 23.6 Å². The lowest BCUT2D eigenvalue weighted by Crippen LogP contribution is -2.14. The van der Waals surface area contributed by atoms with E-state index >= 15 is 0 Å². The summed E-state index contributed by atoms with van der Waals surface area (Å²) in [5, 5.41) is 9.86. The van der Waals surface area contributed by atoms with Gasteiger partial charge in [0.2, 0.25) is 0 Å². The maximum atomic E-state index is 13.0. The fourth-order valence-corrected chi connectivity index (χ4v) is 3.79. The molecule has 0 heterocycles. The number of hydrogen-bond acceptors (Lipinski definition) is 2. The van der Waals surface area contributed by atoms with Crippen LogP contribution in [0.15, 0.2) is 66.7 Å². The Morgan fingerprint density at radius 1 is 0.818 bits per heavy atom. The highest BCUT2D eigenvalue weighted by atomic mass is 19.4. The number of ketones is 1. The van der Waals surface area contributed by atoms with Crippen molar-refractivity contribution in [3.8, 4) is 22.3 Å². The van der Waals surface area contributed by atoms with E-state index in [4.69, 9.17) is 0 Å². The van der Waals surface area contributed by atoms with Crippen LogP contribution in [0.25, 0.3) is 22.3 Å². The second-order valence-electron chi connectivity index (χ2n) is 8.57. The van der Waals surface area contributed by atoms with Gasteiger partial charge in [0, 0.05) is 5.56 Å². The number of rotatable bonds is 7. The van der Waals surface area contributed by atoms with Gasteiger partial charge in [-0.2, -0.15) is 13.2 Å². The number of carboxylic acids is 1. The first-order valence-corrected chi connectivity index (χ1v) is 10.6. The fourth-order valence-electron chi connectivity index (χ4n) is 3.79. The normalized spacial score (nSPS) is 12.6. The van der Waals surface area contributed by atoms with Gasteiger partial charge in [0.05, 0.1) is 11.5 Å². The molecule has 6 heteroatoms. The predicted octanol–water partition coefficient (Wildman–Crippen LogP) is 7.46. The van der Waals surface area contributed by atoms with E-state index in [1.165, 1.54) is 19.1 Å². The predicted molar refractivity (Wildman–Crippen MR) is 122 cm³/mol. The molecule has 0 aliphatic rings. The minimum absolute atomic E-state index is 0.0661. The van der Waals surface area contributed by atoms with E-state index in [0.29, 0.717) is 28.7 Å². The van der Waals surface area contributed by atoms with E-state index in [9.17, 15) is 27.9 Å². The van der Waals surface area contributed by atoms with Crippen LogP contribution in [-0.4, -0.2) is 16.9 Å². The standard InChI is InChI=1S/C27H25F3O3/c1-16(2)12-25(26(32)33)23-14-21(19-6-4-18(5-7-19)17(3)31)13-22(15-23)20-8-10-24(11-9-20)27(28,29)30/h4-11,13-16,25H,12H2,1-3H3,(H,32,33). The highest BCUT2D eigenvalue weighted by Crippen LogP contribution is 2.35. The zero-order valence-corrected chi connectivity index (χ0v) is 18.6. The molecule has 1 N–H and O–H groups in total. The quantitative estimate of drug-likeness (QED) is 0.377. The third-order valence-corrected chi connectivity index (χ3v) is 5.53. The van der Waals surface area contributed by atoms with Crippen LogP contribution in [-0.2, 0) is 11.0 Å². The molecule has 1 atom stereocenters. The maximum absolute atomic E-state index is 13.0. The molecule has 0 amide bonds. The summed E-state index contributed by atoms with van der Waals surface area (Å²) in [5.74, 6) is -1.64. The van der Waals surface area contributed by atoms with Crippen molar-refractivity contribution in [1.82, 2.24) is 0 Å². The van der Waals surface area contributed by atoms with Crippen molar-refractivity contribution < 1.29 is 27.9 Å². The lowest BCUT2D eigenvalue weighted by molar-refractivity contribution is -0.139. The summed E-state index contributed by atoms with van der Waals surface area (Å²) in [5.41, 5.74) is 3.09. The number of hydrogen-bond donors (Lipinski definition) is 1. The first-order valence-electron chi connectivity index (χ1n) is 10.6. The van der Waals surface area contributed by atoms with Crippen molar-refractivity contribution in [2.24, 2.45) is 5.92 Å². The number of carbonyl (C=O) groups is 2. The molecule has 1 unspecified atom stereocenters. The van der Waals surface area contributed by atoms with Gasteiger partial charge in [-0.1, -0.05) is 62.4 Å². The van der Waals surface area contributed by atoms with Gasteiger partial charge in [-0.25, -0.2) is 0 Å². The second kappa shape index (κ2) is 9.61. The molecule has 0 saturated heterocycles. The third-order valence-electron chi connectivity index (χ3n) is 5.53. The molecule has 0 radical (unpaired) electrons. The number of aliphatic carboxylic acids is 1. The molecule has 3 rings (SSSR count). The molecule has 3 nitrogen and oxygen atoms in total. The molecule has 0 saturated carbocycles. The minimum atomic E-state index is -4.43. The maximum Gasteiger partial charge on any atom is 0.416 e. The number of alkyl halides is 3. The number of Topliss-reactive ketones (excluding diaryl/α,β-unsaturated/α-hetero) is 1. The Morgan fingerprint density at radius 2 is 1.30 bits per heavy atom. The molecule has 0 bridgehead atoms. The number of halogens is 3. The number of carbonyl (C=O) groups excluding carboxylic acids is 1. The van der Waals surface area contributed by atoms with Crippen LogP contribution in [0.2, 0.25) is 0 Å². The first-order chi connectivity index (χ1) is 15.5. The average Bonchev–Trinajstić information content (AvgIpc) is 2.76. The molecule has 0 aromatic heterocycles. The van der Waals surface area contributed by atoms with Gasteiger partial charge in [-0.05, 0) is 65.3 Å². The minimum Gasteiger partial charge on any atom is -0.481 e. The Balaban J connectivity index is 2.15. The average molecular weight is 454 g/mol. The summed E-state index contributed by atoms with van der Waals surface area (Å²) in [6.45, 7) is 5.36. The van der Waals surface area contributed by atoms with Crippen LogP contribution in [0.5, 0.6) is 0 Å². The van der Waals surface area contributed by atoms with Gasteiger partial charge in [-0.3, -0.25) is 9.59 Å². The third kappa shape index (κ3) is 5.89. The Kier molecular flexibility index (Phi) is 7.06. The monoisotopic (exact) mass is 454 g/mol. The summed E-state index contributed by atoms with van der Waals surface area (Å²) in [6, 6.07) is 17.1. The lowest BCUT2D eigenvalue weighted by Gasteiger charge is -2.18. The van der Waals surface area contributed by atoms with Gasteiger partial charge in [-0.15, -0.1) is 0 Å². The van der Waals surface area contributed by atoms with Crippen molar-refractivity contribution in [2.45, 2.75) is 39.3 Å². The topological polar surface area (TPSA) is 54.4 Å². The zero-order chi connectivity index (χ0) is 24.3. The van der Waals surface area contributed by atoms with Crippen LogP contribution >= 0.6 is 0 Å². The van der Waals surface area contributed by atoms with Gasteiger partial charge in [0.15, 0.2) is 5.78 Å². The molecular weight excluding hydrogens is 429 g/mol. The van der Waals surface area contributed by atoms with E-state index in [0.717, 1.165) is 23.3 Å². The highest BCUT2D eigenvalue weighted by Gasteiger charge is 2.30. The SMILES string of the molecule is CC(=O)c1ccc(-c2cc(-c3ccc(C(F)(F)F)cc3)cc(C(CC(C)C)C(=O)O)c2)cc1. The molecule has 3 aromatic carbocycles. The van der Waals surface area contributed by atoms with Gasteiger partial charge in [0.1, 0.15) is 0 Å². The van der Waals surface area contributed by atoms with Gasteiger partial charge >= 0.3 is 12.1 Å². The van der Waals surface area contributed by atoms with Crippen molar-refractivity contribution in [3.63, 3.8) is 0 Å². The van der Waals surface area contributed by atoms with Crippen molar-refractivity contribution >= 4 is 11.8 Å². The summed E-state index contributed by atoms with van der Waals surface area (Å²) >= 11 is 0. The van der Waals surface area contributed by atoms with Crippen molar-refractivity contribution in [2.75, 3.05) is 0 Å². The van der Waals surface area contributed by atoms with Gasteiger partial charge in [0.25, 0.3) is 0 Å². The Labute approximate surface area is 190 Å². The first kappa shape index (κ1) is 24.2. The Hall–Kier alpha value is -3.41. The molecule has 0 aliphatic carbocycles. The van der Waals surface area contributed by atoms with Crippen LogP contribution in [0.4, 0.5) is 13.2 Å². The molecule has 172 valence electrons. The molecule has 33 heavy (non-hydrogen) atoms. The molecule has 0 aliphatic heterocycles. The van der Waals surface area contributed by atoms with Crippen molar-refractivity contribution in [1.29, 1.82) is 0 Å².